The van der Waals surface area contributed by atoms with E-state index in [1.807, 2.05) is 42.5 Å². The van der Waals surface area contributed by atoms with Gasteiger partial charge in [-0.1, -0.05) is 54.1 Å². The van der Waals surface area contributed by atoms with E-state index in [-0.39, 0.29) is 5.92 Å². The normalized spacial score (nSPS) is 12.3. The highest BCUT2D eigenvalue weighted by Gasteiger charge is 2.10. The summed E-state index contributed by atoms with van der Waals surface area (Å²) in [6.45, 7) is 1.76. The summed E-state index contributed by atoms with van der Waals surface area (Å²) in [7, 11) is 0. The van der Waals surface area contributed by atoms with Crippen LogP contribution in [-0.4, -0.2) is 13.2 Å². The van der Waals surface area contributed by atoms with Crippen LogP contribution in [0.4, 0.5) is 0 Å². The van der Waals surface area contributed by atoms with Crippen LogP contribution in [0.3, 0.4) is 0 Å². The molecule has 1 atom stereocenters. The first-order chi connectivity index (χ1) is 9.29. The number of ether oxygens (including phenoxy) is 1. The number of halogens is 1. The Kier molecular flexibility index (Phi) is 5.40. The Bertz CT molecular complexity index is 501. The molecular weight excluding hydrogens is 258 g/mol. The molecule has 0 aliphatic carbocycles. The van der Waals surface area contributed by atoms with Crippen molar-refractivity contribution in [1.29, 1.82) is 0 Å². The lowest BCUT2D eigenvalue weighted by Crippen LogP contribution is -2.18. The second-order valence-electron chi connectivity index (χ2n) is 4.49. The van der Waals surface area contributed by atoms with Gasteiger partial charge in [0.15, 0.2) is 0 Å². The van der Waals surface area contributed by atoms with E-state index in [0.717, 1.165) is 10.6 Å². The van der Waals surface area contributed by atoms with Crippen molar-refractivity contribution in [3.63, 3.8) is 0 Å². The average molecular weight is 276 g/mol. The highest BCUT2D eigenvalue weighted by Crippen LogP contribution is 2.19. The largest absolute Gasteiger partial charge is 0.376 e. The van der Waals surface area contributed by atoms with Gasteiger partial charge in [0.25, 0.3) is 0 Å². The van der Waals surface area contributed by atoms with Gasteiger partial charge in [-0.25, -0.2) is 0 Å². The van der Waals surface area contributed by atoms with E-state index < -0.39 is 0 Å². The molecule has 0 amide bonds. The summed E-state index contributed by atoms with van der Waals surface area (Å²) in [5.41, 5.74) is 8.11. The minimum atomic E-state index is 0.183. The number of hydrogen-bond acceptors (Lipinski definition) is 2. The highest BCUT2D eigenvalue weighted by atomic mass is 35.5. The Morgan fingerprint density at radius 1 is 1.05 bits per heavy atom. The predicted molar refractivity (Wildman–Crippen MR) is 79.3 cm³/mol. The summed E-state index contributed by atoms with van der Waals surface area (Å²) in [6, 6.07) is 17.9. The first-order valence-corrected chi connectivity index (χ1v) is 6.74. The van der Waals surface area contributed by atoms with Crippen LogP contribution in [0.5, 0.6) is 0 Å². The smallest absolute Gasteiger partial charge is 0.0717 e. The lowest BCUT2D eigenvalue weighted by molar-refractivity contribution is 0.108. The molecule has 2 aromatic carbocycles. The van der Waals surface area contributed by atoms with Crippen LogP contribution in [0.15, 0.2) is 54.6 Å². The summed E-state index contributed by atoms with van der Waals surface area (Å²) in [6.07, 6.45) is 0. The van der Waals surface area contributed by atoms with Gasteiger partial charge in [0.05, 0.1) is 13.2 Å². The Hall–Kier alpha value is -1.35. The van der Waals surface area contributed by atoms with Crippen molar-refractivity contribution in [2.75, 3.05) is 13.2 Å². The lowest BCUT2D eigenvalue weighted by atomic mass is 10.0. The Morgan fingerprint density at radius 2 is 1.84 bits per heavy atom. The Labute approximate surface area is 119 Å². The topological polar surface area (TPSA) is 35.2 Å². The van der Waals surface area contributed by atoms with E-state index in [1.165, 1.54) is 5.56 Å². The number of rotatable bonds is 6. The molecule has 1 unspecified atom stereocenters. The van der Waals surface area contributed by atoms with E-state index in [4.69, 9.17) is 22.1 Å². The summed E-state index contributed by atoms with van der Waals surface area (Å²) in [4.78, 5) is 0. The molecule has 0 radical (unpaired) electrons. The maximum Gasteiger partial charge on any atom is 0.0717 e. The number of benzene rings is 2. The molecule has 0 spiro atoms. The molecule has 3 heteroatoms. The third-order valence-electron chi connectivity index (χ3n) is 3.04. The Morgan fingerprint density at radius 3 is 2.53 bits per heavy atom. The third kappa shape index (κ3) is 4.35. The van der Waals surface area contributed by atoms with Gasteiger partial charge in [0, 0.05) is 17.5 Å². The molecule has 0 saturated heterocycles. The van der Waals surface area contributed by atoms with Crippen molar-refractivity contribution >= 4 is 11.6 Å². The van der Waals surface area contributed by atoms with Crippen LogP contribution >= 0.6 is 11.6 Å². The highest BCUT2D eigenvalue weighted by molar-refractivity contribution is 6.30. The fourth-order valence-corrected chi connectivity index (χ4v) is 2.15. The maximum atomic E-state index is 5.99. The molecule has 2 rings (SSSR count). The van der Waals surface area contributed by atoms with E-state index in [0.29, 0.717) is 19.8 Å². The van der Waals surface area contributed by atoms with Crippen LogP contribution < -0.4 is 5.73 Å². The van der Waals surface area contributed by atoms with Crippen molar-refractivity contribution in [3.8, 4) is 0 Å². The number of nitrogens with two attached hydrogens (primary N) is 1. The zero-order valence-electron chi connectivity index (χ0n) is 10.8. The molecule has 19 heavy (non-hydrogen) atoms. The summed E-state index contributed by atoms with van der Waals surface area (Å²) in [5, 5.41) is 0.735. The molecule has 0 bridgehead atoms. The van der Waals surface area contributed by atoms with Gasteiger partial charge < -0.3 is 10.5 Å². The second kappa shape index (κ2) is 7.29. The van der Waals surface area contributed by atoms with Gasteiger partial charge in [-0.05, 0) is 23.3 Å². The van der Waals surface area contributed by atoms with Crippen molar-refractivity contribution in [2.45, 2.75) is 12.5 Å². The van der Waals surface area contributed by atoms with Crippen LogP contribution in [0.25, 0.3) is 0 Å². The predicted octanol–water partition coefficient (Wildman–Crippen LogP) is 3.60. The van der Waals surface area contributed by atoms with Gasteiger partial charge in [-0.3, -0.25) is 0 Å². The molecular formula is C16H18ClNO. The average Bonchev–Trinajstić information content (AvgIpc) is 2.45. The summed E-state index contributed by atoms with van der Waals surface area (Å²) >= 11 is 5.99. The van der Waals surface area contributed by atoms with Crippen molar-refractivity contribution < 1.29 is 4.74 Å². The Balaban J connectivity index is 1.89. The molecule has 0 fully saturated rings. The van der Waals surface area contributed by atoms with Crippen LogP contribution in [-0.2, 0) is 11.3 Å². The fraction of sp³-hybridized carbons (Fsp3) is 0.250. The monoisotopic (exact) mass is 275 g/mol. The van der Waals surface area contributed by atoms with E-state index >= 15 is 0 Å². The third-order valence-corrected chi connectivity index (χ3v) is 3.27. The van der Waals surface area contributed by atoms with Gasteiger partial charge in [-0.15, -0.1) is 0 Å². The molecule has 0 saturated carbocycles. The molecule has 2 aromatic rings. The summed E-state index contributed by atoms with van der Waals surface area (Å²) in [5.74, 6) is 0.183. The van der Waals surface area contributed by atoms with Gasteiger partial charge in [-0.2, -0.15) is 0 Å². The molecule has 0 aliphatic rings. The summed E-state index contributed by atoms with van der Waals surface area (Å²) < 4.78 is 5.74. The fourth-order valence-electron chi connectivity index (χ4n) is 1.95. The molecule has 100 valence electrons. The van der Waals surface area contributed by atoms with Crippen LogP contribution in [0.1, 0.15) is 17.0 Å². The maximum absolute atomic E-state index is 5.99. The zero-order valence-corrected chi connectivity index (χ0v) is 11.5. The quantitative estimate of drug-likeness (QED) is 0.874. The van der Waals surface area contributed by atoms with E-state index in [1.54, 1.807) is 0 Å². The van der Waals surface area contributed by atoms with Gasteiger partial charge in [0.1, 0.15) is 0 Å². The van der Waals surface area contributed by atoms with Crippen molar-refractivity contribution in [2.24, 2.45) is 5.73 Å². The molecule has 2 N–H and O–H groups in total. The van der Waals surface area contributed by atoms with Gasteiger partial charge >= 0.3 is 0 Å². The second-order valence-corrected chi connectivity index (χ2v) is 4.92. The number of hydrogen-bond donors (Lipinski definition) is 1. The SMILES string of the molecule is NCC(COCc1ccccc1)c1cccc(Cl)c1. The van der Waals surface area contributed by atoms with Gasteiger partial charge in [0.2, 0.25) is 0 Å². The minimum Gasteiger partial charge on any atom is -0.376 e. The molecule has 0 heterocycles. The van der Waals surface area contributed by atoms with Crippen LogP contribution in [0.2, 0.25) is 5.02 Å². The minimum absolute atomic E-state index is 0.183. The van der Waals surface area contributed by atoms with E-state index in [2.05, 4.69) is 12.1 Å². The lowest BCUT2D eigenvalue weighted by Gasteiger charge is -2.16. The molecule has 0 aliphatic heterocycles. The standard InChI is InChI=1S/C16H18ClNO/c17-16-8-4-7-14(9-16)15(10-18)12-19-11-13-5-2-1-3-6-13/h1-9,15H,10-12,18H2. The zero-order chi connectivity index (χ0) is 13.5. The molecule has 2 nitrogen and oxygen atoms in total. The van der Waals surface area contributed by atoms with E-state index in [9.17, 15) is 0 Å². The van der Waals surface area contributed by atoms with Crippen molar-refractivity contribution in [3.05, 3.63) is 70.7 Å². The first kappa shape index (κ1) is 14.1. The van der Waals surface area contributed by atoms with Crippen molar-refractivity contribution in [1.82, 2.24) is 0 Å². The molecule has 0 aromatic heterocycles. The first-order valence-electron chi connectivity index (χ1n) is 6.37. The van der Waals surface area contributed by atoms with Crippen LogP contribution in [0, 0.1) is 0 Å².